The van der Waals surface area contributed by atoms with E-state index in [1.54, 1.807) is 0 Å². The van der Waals surface area contributed by atoms with Gasteiger partial charge in [-0.05, 0) is 31.5 Å². The molecule has 2 unspecified atom stereocenters. The predicted molar refractivity (Wildman–Crippen MR) is 73.6 cm³/mol. The molecule has 1 heterocycles. The maximum atomic E-state index is 11.4. The normalized spacial score (nSPS) is 19.7. The SMILES string of the molecule is CCNC(CN1c2ccccc2CC1C)C(N)=O. The van der Waals surface area contributed by atoms with Crippen molar-refractivity contribution in [3.05, 3.63) is 29.8 Å². The lowest BCUT2D eigenvalue weighted by Gasteiger charge is -2.28. The molecule has 0 radical (unpaired) electrons. The number of hydrogen-bond donors (Lipinski definition) is 2. The summed E-state index contributed by atoms with van der Waals surface area (Å²) in [5.41, 5.74) is 8.02. The number of rotatable bonds is 5. The van der Waals surface area contributed by atoms with Gasteiger partial charge in [-0.15, -0.1) is 0 Å². The average Bonchev–Trinajstić information content (AvgIpc) is 2.65. The summed E-state index contributed by atoms with van der Waals surface area (Å²) in [6.07, 6.45) is 1.04. The zero-order chi connectivity index (χ0) is 13.1. The van der Waals surface area contributed by atoms with Crippen molar-refractivity contribution in [3.8, 4) is 0 Å². The van der Waals surface area contributed by atoms with Crippen LogP contribution < -0.4 is 16.0 Å². The van der Waals surface area contributed by atoms with Crippen molar-refractivity contribution >= 4 is 11.6 Å². The van der Waals surface area contributed by atoms with Crippen LogP contribution in [-0.2, 0) is 11.2 Å². The van der Waals surface area contributed by atoms with Crippen molar-refractivity contribution in [1.29, 1.82) is 0 Å². The summed E-state index contributed by atoms with van der Waals surface area (Å²) in [6, 6.07) is 8.49. The summed E-state index contributed by atoms with van der Waals surface area (Å²) < 4.78 is 0. The molecule has 1 aliphatic rings. The highest BCUT2D eigenvalue weighted by molar-refractivity contribution is 5.81. The highest BCUT2D eigenvalue weighted by Crippen LogP contribution is 2.31. The summed E-state index contributed by atoms with van der Waals surface area (Å²) in [5.74, 6) is -0.284. The average molecular weight is 247 g/mol. The molecule has 98 valence electrons. The number of hydrogen-bond acceptors (Lipinski definition) is 3. The molecule has 0 spiro atoms. The van der Waals surface area contributed by atoms with E-state index in [0.29, 0.717) is 12.6 Å². The largest absolute Gasteiger partial charge is 0.368 e. The smallest absolute Gasteiger partial charge is 0.236 e. The second kappa shape index (κ2) is 5.40. The Morgan fingerprint density at radius 1 is 1.56 bits per heavy atom. The summed E-state index contributed by atoms with van der Waals surface area (Å²) in [6.45, 7) is 5.56. The minimum Gasteiger partial charge on any atom is -0.368 e. The Labute approximate surface area is 108 Å². The van der Waals surface area contributed by atoms with Crippen molar-refractivity contribution in [2.24, 2.45) is 5.73 Å². The molecular weight excluding hydrogens is 226 g/mol. The van der Waals surface area contributed by atoms with Crippen LogP contribution in [0.2, 0.25) is 0 Å². The van der Waals surface area contributed by atoms with Crippen LogP contribution >= 0.6 is 0 Å². The number of nitrogens with two attached hydrogens (primary N) is 1. The molecule has 2 atom stereocenters. The second-order valence-corrected chi connectivity index (χ2v) is 4.85. The third kappa shape index (κ3) is 2.48. The van der Waals surface area contributed by atoms with Crippen molar-refractivity contribution < 1.29 is 4.79 Å². The summed E-state index contributed by atoms with van der Waals surface area (Å²) >= 11 is 0. The summed E-state index contributed by atoms with van der Waals surface area (Å²) in [7, 11) is 0. The van der Waals surface area contributed by atoms with Gasteiger partial charge in [0.05, 0.1) is 0 Å². The molecule has 1 aliphatic heterocycles. The molecule has 0 bridgehead atoms. The van der Waals surface area contributed by atoms with Crippen LogP contribution in [0.25, 0.3) is 0 Å². The van der Waals surface area contributed by atoms with E-state index < -0.39 is 0 Å². The van der Waals surface area contributed by atoms with Gasteiger partial charge in [0.15, 0.2) is 0 Å². The first-order valence-corrected chi connectivity index (χ1v) is 6.50. The first kappa shape index (κ1) is 12.9. The number of fused-ring (bicyclic) bond motifs is 1. The number of primary amides is 1. The molecule has 2 rings (SSSR count). The van der Waals surface area contributed by atoms with Crippen LogP contribution in [0.4, 0.5) is 5.69 Å². The van der Waals surface area contributed by atoms with Crippen molar-refractivity contribution in [2.45, 2.75) is 32.4 Å². The zero-order valence-corrected chi connectivity index (χ0v) is 11.0. The molecular formula is C14H21N3O. The van der Waals surface area contributed by atoms with Gasteiger partial charge in [0, 0.05) is 18.3 Å². The number of likely N-dealkylation sites (N-methyl/N-ethyl adjacent to an activating group) is 1. The van der Waals surface area contributed by atoms with E-state index in [9.17, 15) is 4.79 Å². The molecule has 0 saturated heterocycles. The van der Waals surface area contributed by atoms with Crippen LogP contribution in [0.5, 0.6) is 0 Å². The van der Waals surface area contributed by atoms with Gasteiger partial charge in [0.2, 0.25) is 5.91 Å². The fourth-order valence-electron chi connectivity index (χ4n) is 2.61. The maximum Gasteiger partial charge on any atom is 0.236 e. The van der Waals surface area contributed by atoms with Gasteiger partial charge in [-0.1, -0.05) is 25.1 Å². The molecule has 0 saturated carbocycles. The summed E-state index contributed by atoms with van der Waals surface area (Å²) in [4.78, 5) is 13.7. The number of amides is 1. The first-order chi connectivity index (χ1) is 8.63. The number of nitrogens with one attached hydrogen (secondary N) is 1. The molecule has 0 aromatic heterocycles. The lowest BCUT2D eigenvalue weighted by molar-refractivity contribution is -0.119. The van der Waals surface area contributed by atoms with Gasteiger partial charge in [0.1, 0.15) is 6.04 Å². The van der Waals surface area contributed by atoms with E-state index in [0.717, 1.165) is 13.0 Å². The predicted octanol–water partition coefficient (Wildman–Crippen LogP) is 0.901. The van der Waals surface area contributed by atoms with E-state index in [1.165, 1.54) is 11.3 Å². The first-order valence-electron chi connectivity index (χ1n) is 6.50. The van der Waals surface area contributed by atoms with E-state index >= 15 is 0 Å². The van der Waals surface area contributed by atoms with Gasteiger partial charge in [0.25, 0.3) is 0 Å². The number of carbonyl (C=O) groups is 1. The topological polar surface area (TPSA) is 58.4 Å². The monoisotopic (exact) mass is 247 g/mol. The summed E-state index contributed by atoms with van der Waals surface area (Å²) in [5, 5.41) is 3.14. The third-order valence-corrected chi connectivity index (χ3v) is 3.52. The molecule has 1 aromatic rings. The van der Waals surface area contributed by atoms with Crippen LogP contribution in [0.15, 0.2) is 24.3 Å². The minimum absolute atomic E-state index is 0.284. The fourth-order valence-corrected chi connectivity index (χ4v) is 2.61. The number of anilines is 1. The van der Waals surface area contributed by atoms with Crippen molar-refractivity contribution in [1.82, 2.24) is 5.32 Å². The van der Waals surface area contributed by atoms with E-state index in [4.69, 9.17) is 5.73 Å². The Kier molecular flexibility index (Phi) is 3.87. The molecule has 0 fully saturated rings. The number of nitrogens with zero attached hydrogens (tertiary/aromatic N) is 1. The van der Waals surface area contributed by atoms with Crippen LogP contribution in [-0.4, -0.2) is 31.1 Å². The third-order valence-electron chi connectivity index (χ3n) is 3.52. The van der Waals surface area contributed by atoms with Crippen molar-refractivity contribution in [2.75, 3.05) is 18.0 Å². The minimum atomic E-state index is -0.288. The maximum absolute atomic E-state index is 11.4. The van der Waals surface area contributed by atoms with Crippen LogP contribution in [0.3, 0.4) is 0 Å². The molecule has 1 aromatic carbocycles. The Morgan fingerprint density at radius 2 is 2.28 bits per heavy atom. The van der Waals surface area contributed by atoms with Crippen LogP contribution in [0, 0.1) is 0 Å². The quantitative estimate of drug-likeness (QED) is 0.813. The van der Waals surface area contributed by atoms with Gasteiger partial charge in [-0.3, -0.25) is 4.79 Å². The van der Waals surface area contributed by atoms with E-state index in [1.807, 2.05) is 13.0 Å². The molecule has 4 heteroatoms. The molecule has 18 heavy (non-hydrogen) atoms. The number of carbonyl (C=O) groups excluding carboxylic acids is 1. The second-order valence-electron chi connectivity index (χ2n) is 4.85. The van der Waals surface area contributed by atoms with Gasteiger partial charge in [-0.2, -0.15) is 0 Å². The Hall–Kier alpha value is -1.55. The number of benzene rings is 1. The Morgan fingerprint density at radius 3 is 2.94 bits per heavy atom. The molecule has 3 N–H and O–H groups in total. The van der Waals surface area contributed by atoms with Gasteiger partial charge < -0.3 is 16.0 Å². The zero-order valence-electron chi connectivity index (χ0n) is 11.0. The van der Waals surface area contributed by atoms with E-state index in [2.05, 4.69) is 35.3 Å². The number of para-hydroxylation sites is 1. The van der Waals surface area contributed by atoms with Crippen LogP contribution in [0.1, 0.15) is 19.4 Å². The van der Waals surface area contributed by atoms with Gasteiger partial charge >= 0.3 is 0 Å². The van der Waals surface area contributed by atoms with Gasteiger partial charge in [-0.25, -0.2) is 0 Å². The lowest BCUT2D eigenvalue weighted by atomic mass is 10.1. The molecule has 1 amide bonds. The Balaban J connectivity index is 2.15. The highest BCUT2D eigenvalue weighted by Gasteiger charge is 2.28. The molecule has 0 aliphatic carbocycles. The van der Waals surface area contributed by atoms with Crippen molar-refractivity contribution in [3.63, 3.8) is 0 Å². The highest BCUT2D eigenvalue weighted by atomic mass is 16.1. The standard InChI is InChI=1S/C14H21N3O/c1-3-16-12(14(15)18)9-17-10(2)8-11-6-4-5-7-13(11)17/h4-7,10,12,16H,3,8-9H2,1-2H3,(H2,15,18). The lowest BCUT2D eigenvalue weighted by Crippen LogP contribution is -2.50. The van der Waals surface area contributed by atoms with E-state index in [-0.39, 0.29) is 11.9 Å². The Bertz CT molecular complexity index is 433. The molecule has 4 nitrogen and oxygen atoms in total. The fraction of sp³-hybridized carbons (Fsp3) is 0.500.